The Labute approximate surface area is 175 Å². The fourth-order valence-electron chi connectivity index (χ4n) is 3.20. The SMILES string of the molecule is Cc1ccc(OCCCC(=O)Nc2cc(Br)ccc2N2CCN(C)CC2)cc1. The largest absolute Gasteiger partial charge is 0.494 e. The first-order valence-electron chi connectivity index (χ1n) is 9.73. The molecule has 0 bridgehead atoms. The van der Waals surface area contributed by atoms with E-state index < -0.39 is 0 Å². The summed E-state index contributed by atoms with van der Waals surface area (Å²) >= 11 is 3.52. The number of piperazine rings is 1. The second kappa shape index (κ2) is 9.94. The number of aryl methyl sites for hydroxylation is 1. The fourth-order valence-corrected chi connectivity index (χ4v) is 3.56. The van der Waals surface area contributed by atoms with Crippen molar-refractivity contribution in [2.24, 2.45) is 0 Å². The second-order valence-corrected chi connectivity index (χ2v) is 8.18. The van der Waals surface area contributed by atoms with Crippen LogP contribution in [-0.2, 0) is 4.79 Å². The van der Waals surface area contributed by atoms with E-state index >= 15 is 0 Å². The number of nitrogens with one attached hydrogen (secondary N) is 1. The number of carbonyl (C=O) groups is 1. The van der Waals surface area contributed by atoms with Gasteiger partial charge in [0.25, 0.3) is 0 Å². The quantitative estimate of drug-likeness (QED) is 0.644. The molecule has 0 radical (unpaired) electrons. The average Bonchev–Trinajstić information content (AvgIpc) is 2.68. The van der Waals surface area contributed by atoms with Gasteiger partial charge in [-0.3, -0.25) is 4.79 Å². The molecule has 1 heterocycles. The molecule has 0 aromatic heterocycles. The van der Waals surface area contributed by atoms with Crippen molar-refractivity contribution < 1.29 is 9.53 Å². The van der Waals surface area contributed by atoms with E-state index in [2.05, 4.69) is 44.2 Å². The van der Waals surface area contributed by atoms with Crippen molar-refractivity contribution in [3.63, 3.8) is 0 Å². The lowest BCUT2D eigenvalue weighted by Gasteiger charge is -2.35. The molecule has 2 aromatic carbocycles. The van der Waals surface area contributed by atoms with E-state index in [1.54, 1.807) is 0 Å². The third kappa shape index (κ3) is 5.97. The van der Waals surface area contributed by atoms with Crippen molar-refractivity contribution in [1.82, 2.24) is 4.90 Å². The molecule has 1 aliphatic rings. The van der Waals surface area contributed by atoms with Crippen molar-refractivity contribution in [2.75, 3.05) is 50.1 Å². The first-order chi connectivity index (χ1) is 13.5. The predicted octanol–water partition coefficient (Wildman–Crippen LogP) is 4.31. The van der Waals surface area contributed by atoms with Crippen molar-refractivity contribution >= 4 is 33.2 Å². The zero-order chi connectivity index (χ0) is 19.9. The Bertz CT molecular complexity index is 787. The van der Waals surface area contributed by atoms with Gasteiger partial charge in [0.2, 0.25) is 5.91 Å². The molecular weight excluding hydrogens is 418 g/mol. The molecular formula is C22H28BrN3O2. The fraction of sp³-hybridized carbons (Fsp3) is 0.409. The number of carbonyl (C=O) groups excluding carboxylic acids is 1. The number of nitrogens with zero attached hydrogens (tertiary/aromatic N) is 2. The first-order valence-corrected chi connectivity index (χ1v) is 10.5. The van der Waals surface area contributed by atoms with Crippen molar-refractivity contribution in [3.8, 4) is 5.75 Å². The van der Waals surface area contributed by atoms with Gasteiger partial charge >= 0.3 is 0 Å². The van der Waals surface area contributed by atoms with Gasteiger partial charge in [0.05, 0.1) is 18.0 Å². The van der Waals surface area contributed by atoms with Crippen LogP contribution in [0.25, 0.3) is 0 Å². The maximum atomic E-state index is 12.5. The van der Waals surface area contributed by atoms with Crippen molar-refractivity contribution in [3.05, 3.63) is 52.5 Å². The van der Waals surface area contributed by atoms with Gasteiger partial charge in [-0.1, -0.05) is 33.6 Å². The third-order valence-electron chi connectivity index (χ3n) is 4.91. The van der Waals surface area contributed by atoms with Crippen LogP contribution in [0, 0.1) is 6.92 Å². The number of rotatable bonds is 7. The maximum Gasteiger partial charge on any atom is 0.224 e. The Balaban J connectivity index is 1.51. The van der Waals surface area contributed by atoms with Gasteiger partial charge < -0.3 is 19.9 Å². The summed E-state index contributed by atoms with van der Waals surface area (Å²) in [5.41, 5.74) is 3.15. The lowest BCUT2D eigenvalue weighted by atomic mass is 10.2. The standard InChI is InChI=1S/C22H28BrN3O2/c1-17-5-8-19(9-6-17)28-15-3-4-22(27)24-20-16-18(23)7-10-21(20)26-13-11-25(2)12-14-26/h5-10,16H,3-4,11-15H2,1-2H3,(H,24,27). The number of anilines is 2. The van der Waals surface area contributed by atoms with Gasteiger partial charge in [0, 0.05) is 37.1 Å². The number of benzene rings is 2. The summed E-state index contributed by atoms with van der Waals surface area (Å²) < 4.78 is 6.67. The summed E-state index contributed by atoms with van der Waals surface area (Å²) in [5.74, 6) is 0.858. The molecule has 0 saturated carbocycles. The summed E-state index contributed by atoms with van der Waals surface area (Å²) in [6, 6.07) is 14.0. The Morgan fingerprint density at radius 2 is 1.82 bits per heavy atom. The minimum atomic E-state index is 0.0148. The highest BCUT2D eigenvalue weighted by atomic mass is 79.9. The zero-order valence-corrected chi connectivity index (χ0v) is 18.2. The van der Waals surface area contributed by atoms with Gasteiger partial charge in [0.1, 0.15) is 5.75 Å². The van der Waals surface area contributed by atoms with Gasteiger partial charge in [-0.2, -0.15) is 0 Å². The molecule has 1 N–H and O–H groups in total. The first kappa shape index (κ1) is 20.7. The summed E-state index contributed by atoms with van der Waals surface area (Å²) in [5, 5.41) is 3.09. The predicted molar refractivity (Wildman–Crippen MR) is 118 cm³/mol. The van der Waals surface area contributed by atoms with Crippen LogP contribution in [0.1, 0.15) is 18.4 Å². The van der Waals surface area contributed by atoms with Gasteiger partial charge in [-0.25, -0.2) is 0 Å². The minimum Gasteiger partial charge on any atom is -0.494 e. The summed E-state index contributed by atoms with van der Waals surface area (Å²) in [6.45, 7) is 6.56. The zero-order valence-electron chi connectivity index (χ0n) is 16.6. The molecule has 5 nitrogen and oxygen atoms in total. The highest BCUT2D eigenvalue weighted by molar-refractivity contribution is 9.10. The summed E-state index contributed by atoms with van der Waals surface area (Å²) in [6.07, 6.45) is 1.11. The number of amides is 1. The number of ether oxygens (including phenoxy) is 1. The van der Waals surface area contributed by atoms with Crippen LogP contribution in [-0.4, -0.2) is 50.6 Å². The van der Waals surface area contributed by atoms with Crippen LogP contribution in [0.4, 0.5) is 11.4 Å². The van der Waals surface area contributed by atoms with Crippen LogP contribution in [0.3, 0.4) is 0 Å². The summed E-state index contributed by atoms with van der Waals surface area (Å²) in [7, 11) is 2.14. The molecule has 3 rings (SSSR count). The molecule has 0 unspecified atom stereocenters. The Morgan fingerprint density at radius 1 is 1.11 bits per heavy atom. The molecule has 0 atom stereocenters. The molecule has 0 aliphatic carbocycles. The molecule has 1 aliphatic heterocycles. The second-order valence-electron chi connectivity index (χ2n) is 7.27. The van der Waals surface area contributed by atoms with Gasteiger partial charge in [-0.15, -0.1) is 0 Å². The van der Waals surface area contributed by atoms with Crippen LogP contribution in [0.15, 0.2) is 46.9 Å². The number of hydrogen-bond donors (Lipinski definition) is 1. The minimum absolute atomic E-state index is 0.0148. The Morgan fingerprint density at radius 3 is 2.54 bits per heavy atom. The maximum absolute atomic E-state index is 12.5. The lowest BCUT2D eigenvalue weighted by Crippen LogP contribution is -2.44. The smallest absolute Gasteiger partial charge is 0.224 e. The summed E-state index contributed by atoms with van der Waals surface area (Å²) in [4.78, 5) is 17.1. The van der Waals surface area contributed by atoms with E-state index in [4.69, 9.17) is 4.74 Å². The van der Waals surface area contributed by atoms with Gasteiger partial charge in [-0.05, 0) is 50.7 Å². The normalized spacial score (nSPS) is 14.8. The molecule has 1 fully saturated rings. The molecule has 2 aromatic rings. The van der Waals surface area contributed by atoms with E-state index in [9.17, 15) is 4.79 Å². The number of likely N-dealkylation sites (N-methyl/N-ethyl adjacent to an activating group) is 1. The third-order valence-corrected chi connectivity index (χ3v) is 5.41. The van der Waals surface area contributed by atoms with Crippen molar-refractivity contribution in [2.45, 2.75) is 19.8 Å². The average molecular weight is 446 g/mol. The van der Waals surface area contributed by atoms with E-state index in [-0.39, 0.29) is 5.91 Å². The molecule has 150 valence electrons. The van der Waals surface area contributed by atoms with E-state index in [1.807, 2.05) is 43.3 Å². The van der Waals surface area contributed by atoms with Crippen LogP contribution in [0.2, 0.25) is 0 Å². The topological polar surface area (TPSA) is 44.8 Å². The highest BCUT2D eigenvalue weighted by Gasteiger charge is 2.18. The van der Waals surface area contributed by atoms with E-state index in [0.717, 1.165) is 47.8 Å². The monoisotopic (exact) mass is 445 g/mol. The number of halogens is 1. The Hall–Kier alpha value is -2.05. The molecule has 1 saturated heterocycles. The molecule has 28 heavy (non-hydrogen) atoms. The van der Waals surface area contributed by atoms with Crippen molar-refractivity contribution in [1.29, 1.82) is 0 Å². The Kier molecular flexibility index (Phi) is 7.34. The van der Waals surface area contributed by atoms with Crippen LogP contribution >= 0.6 is 15.9 Å². The van der Waals surface area contributed by atoms with E-state index in [1.165, 1.54) is 5.56 Å². The van der Waals surface area contributed by atoms with E-state index in [0.29, 0.717) is 19.4 Å². The molecule has 0 spiro atoms. The lowest BCUT2D eigenvalue weighted by molar-refractivity contribution is -0.116. The molecule has 1 amide bonds. The van der Waals surface area contributed by atoms with Crippen LogP contribution < -0.4 is 15.0 Å². The van der Waals surface area contributed by atoms with Gasteiger partial charge in [0.15, 0.2) is 0 Å². The highest BCUT2D eigenvalue weighted by Crippen LogP contribution is 2.30. The number of hydrogen-bond acceptors (Lipinski definition) is 4. The molecule has 6 heteroatoms. The van der Waals surface area contributed by atoms with Crippen LogP contribution in [0.5, 0.6) is 5.75 Å².